The third-order valence-corrected chi connectivity index (χ3v) is 6.51. The van der Waals surface area contributed by atoms with Crippen molar-refractivity contribution in [3.63, 3.8) is 0 Å². The van der Waals surface area contributed by atoms with Crippen molar-refractivity contribution in [2.45, 2.75) is 55.6 Å². The van der Waals surface area contributed by atoms with Crippen LogP contribution in [0.4, 0.5) is 0 Å². The number of nitrogens with one attached hydrogen (secondary N) is 1. The van der Waals surface area contributed by atoms with E-state index in [4.69, 9.17) is 14.2 Å². The molecule has 2 aliphatic heterocycles. The Morgan fingerprint density at radius 2 is 1.50 bits per heavy atom. The van der Waals surface area contributed by atoms with E-state index in [1.807, 2.05) is 0 Å². The lowest BCUT2D eigenvalue weighted by molar-refractivity contribution is -0.178. The van der Waals surface area contributed by atoms with Crippen molar-refractivity contribution in [1.29, 1.82) is 0 Å². The summed E-state index contributed by atoms with van der Waals surface area (Å²) < 4.78 is 44.1. The molecule has 0 amide bonds. The Labute approximate surface area is 120 Å². The first-order chi connectivity index (χ1) is 9.60. The molecule has 1 N–H and O–H groups in total. The van der Waals surface area contributed by atoms with E-state index in [-0.39, 0.29) is 11.3 Å². The number of hydrogen-bond acceptors (Lipinski definition) is 5. The number of rotatable bonds is 3. The third-order valence-electron chi connectivity index (χ3n) is 4.50. The number of hydrogen-bond donors (Lipinski definition) is 1. The fourth-order valence-electron chi connectivity index (χ4n) is 3.28. The van der Waals surface area contributed by atoms with Crippen LogP contribution in [0.2, 0.25) is 0 Å². The molecule has 7 heteroatoms. The highest BCUT2D eigenvalue weighted by Crippen LogP contribution is 2.36. The van der Waals surface area contributed by atoms with E-state index in [2.05, 4.69) is 4.72 Å². The minimum absolute atomic E-state index is 0.0151. The van der Waals surface area contributed by atoms with Gasteiger partial charge in [0, 0.05) is 32.1 Å². The van der Waals surface area contributed by atoms with E-state index >= 15 is 0 Å². The smallest absolute Gasteiger partial charge is 0.214 e. The van der Waals surface area contributed by atoms with Gasteiger partial charge in [-0.3, -0.25) is 0 Å². The Morgan fingerprint density at radius 1 is 0.900 bits per heavy atom. The Bertz CT molecular complexity index is 416. The molecule has 0 unspecified atom stereocenters. The Hall–Kier alpha value is -0.210. The fraction of sp³-hybridized carbons (Fsp3) is 1.00. The summed E-state index contributed by atoms with van der Waals surface area (Å²) in [5, 5.41) is -0.300. The Kier molecular flexibility index (Phi) is 4.33. The zero-order chi connectivity index (χ0) is 14.1. The molecule has 3 fully saturated rings. The molecule has 2 heterocycles. The summed E-state index contributed by atoms with van der Waals surface area (Å²) in [7, 11) is -3.23. The van der Waals surface area contributed by atoms with Gasteiger partial charge >= 0.3 is 0 Å². The molecule has 0 radical (unpaired) electrons. The average molecular weight is 305 g/mol. The second-order valence-corrected chi connectivity index (χ2v) is 7.85. The molecule has 1 aliphatic carbocycles. The molecule has 3 rings (SSSR count). The Morgan fingerprint density at radius 3 is 2.10 bits per heavy atom. The minimum atomic E-state index is -3.23. The molecule has 0 bridgehead atoms. The fourth-order valence-corrected chi connectivity index (χ4v) is 4.98. The molecule has 6 nitrogen and oxygen atoms in total. The van der Waals surface area contributed by atoms with E-state index < -0.39 is 15.8 Å². The minimum Gasteiger partial charge on any atom is -0.381 e. The largest absolute Gasteiger partial charge is 0.381 e. The van der Waals surface area contributed by atoms with Crippen LogP contribution in [0.5, 0.6) is 0 Å². The van der Waals surface area contributed by atoms with Gasteiger partial charge in [-0.2, -0.15) is 0 Å². The standard InChI is InChI=1S/C13H23NO5S/c15-20(16,12-3-7-17-8-4-12)14-11-1-5-13(6-2-11)18-9-10-19-13/h11-12,14H,1-10H2. The highest BCUT2D eigenvalue weighted by molar-refractivity contribution is 7.90. The normalized spacial score (nSPS) is 29.0. The highest BCUT2D eigenvalue weighted by Gasteiger charge is 2.41. The van der Waals surface area contributed by atoms with Gasteiger partial charge in [0.1, 0.15) is 0 Å². The molecule has 1 saturated carbocycles. The van der Waals surface area contributed by atoms with Crippen LogP contribution in [-0.2, 0) is 24.2 Å². The van der Waals surface area contributed by atoms with E-state index in [1.54, 1.807) is 0 Å². The predicted octanol–water partition coefficient (Wildman–Crippen LogP) is 0.770. The molecule has 0 aromatic carbocycles. The van der Waals surface area contributed by atoms with Gasteiger partial charge in [-0.25, -0.2) is 13.1 Å². The van der Waals surface area contributed by atoms with Gasteiger partial charge in [-0.15, -0.1) is 0 Å². The summed E-state index contributed by atoms with van der Waals surface area (Å²) >= 11 is 0. The van der Waals surface area contributed by atoms with Crippen molar-refractivity contribution >= 4 is 10.0 Å². The molecule has 1 spiro atoms. The molecule has 0 atom stereocenters. The van der Waals surface area contributed by atoms with Gasteiger partial charge in [-0.05, 0) is 25.7 Å². The van der Waals surface area contributed by atoms with Crippen molar-refractivity contribution in [2.75, 3.05) is 26.4 Å². The molecule has 3 aliphatic rings. The molecule has 2 saturated heterocycles. The maximum Gasteiger partial charge on any atom is 0.214 e. The summed E-state index contributed by atoms with van der Waals surface area (Å²) in [5.41, 5.74) is 0. The summed E-state index contributed by atoms with van der Waals surface area (Å²) in [5.74, 6) is -0.430. The van der Waals surface area contributed by atoms with Gasteiger partial charge in [0.15, 0.2) is 5.79 Å². The van der Waals surface area contributed by atoms with E-state index in [0.717, 1.165) is 25.7 Å². The van der Waals surface area contributed by atoms with Crippen LogP contribution in [0.3, 0.4) is 0 Å². The zero-order valence-electron chi connectivity index (χ0n) is 11.7. The lowest BCUT2D eigenvalue weighted by Crippen LogP contribution is -2.47. The maximum atomic E-state index is 12.3. The molecule has 0 aromatic heterocycles. The van der Waals surface area contributed by atoms with Gasteiger partial charge < -0.3 is 14.2 Å². The van der Waals surface area contributed by atoms with Crippen molar-refractivity contribution in [1.82, 2.24) is 4.72 Å². The quantitative estimate of drug-likeness (QED) is 0.834. The average Bonchev–Trinajstić information content (AvgIpc) is 2.91. The lowest BCUT2D eigenvalue weighted by Gasteiger charge is -2.36. The van der Waals surface area contributed by atoms with Crippen molar-refractivity contribution in [2.24, 2.45) is 0 Å². The van der Waals surface area contributed by atoms with Crippen LogP contribution in [-0.4, -0.2) is 51.9 Å². The highest BCUT2D eigenvalue weighted by atomic mass is 32.2. The second-order valence-electron chi connectivity index (χ2n) is 5.86. The topological polar surface area (TPSA) is 73.9 Å². The van der Waals surface area contributed by atoms with Gasteiger partial charge in [0.05, 0.1) is 18.5 Å². The van der Waals surface area contributed by atoms with Crippen LogP contribution >= 0.6 is 0 Å². The van der Waals surface area contributed by atoms with E-state index in [9.17, 15) is 8.42 Å². The predicted molar refractivity (Wildman–Crippen MR) is 72.8 cm³/mol. The molecule has 20 heavy (non-hydrogen) atoms. The first-order valence-corrected chi connectivity index (χ1v) is 9.01. The molecule has 116 valence electrons. The van der Waals surface area contributed by atoms with Gasteiger partial charge in [0.25, 0.3) is 0 Å². The molecule has 0 aromatic rings. The van der Waals surface area contributed by atoms with Crippen molar-refractivity contribution in [3.8, 4) is 0 Å². The zero-order valence-corrected chi connectivity index (χ0v) is 12.5. The van der Waals surface area contributed by atoms with Gasteiger partial charge in [-0.1, -0.05) is 0 Å². The van der Waals surface area contributed by atoms with E-state index in [1.165, 1.54) is 0 Å². The van der Waals surface area contributed by atoms with Gasteiger partial charge in [0.2, 0.25) is 10.0 Å². The SMILES string of the molecule is O=S(=O)(NC1CCC2(CC1)OCCO2)C1CCOCC1. The molecular weight excluding hydrogens is 282 g/mol. The maximum absolute atomic E-state index is 12.3. The van der Waals surface area contributed by atoms with Crippen LogP contribution in [0, 0.1) is 0 Å². The monoisotopic (exact) mass is 305 g/mol. The third kappa shape index (κ3) is 3.17. The van der Waals surface area contributed by atoms with E-state index in [0.29, 0.717) is 39.3 Å². The summed E-state index contributed by atoms with van der Waals surface area (Å²) in [4.78, 5) is 0. The van der Waals surface area contributed by atoms with Crippen molar-refractivity contribution in [3.05, 3.63) is 0 Å². The number of ether oxygens (including phenoxy) is 3. The summed E-state index contributed by atoms with van der Waals surface area (Å²) in [6, 6.07) is 0.0151. The summed E-state index contributed by atoms with van der Waals surface area (Å²) in [6.45, 7) is 2.39. The van der Waals surface area contributed by atoms with Crippen LogP contribution < -0.4 is 4.72 Å². The van der Waals surface area contributed by atoms with Crippen molar-refractivity contribution < 1.29 is 22.6 Å². The van der Waals surface area contributed by atoms with Crippen LogP contribution in [0.25, 0.3) is 0 Å². The molecular formula is C13H23NO5S. The summed E-state index contributed by atoms with van der Waals surface area (Å²) in [6.07, 6.45) is 4.29. The van der Waals surface area contributed by atoms with Crippen LogP contribution in [0.1, 0.15) is 38.5 Å². The number of sulfonamides is 1. The first-order valence-electron chi connectivity index (χ1n) is 7.46. The first kappa shape index (κ1) is 14.7. The second kappa shape index (κ2) is 5.88. The Balaban J connectivity index is 1.53. The van der Waals surface area contributed by atoms with Crippen LogP contribution in [0.15, 0.2) is 0 Å². The lowest BCUT2D eigenvalue weighted by atomic mass is 9.91.